The van der Waals surface area contributed by atoms with Gasteiger partial charge in [0.1, 0.15) is 0 Å². The van der Waals surface area contributed by atoms with Gasteiger partial charge in [0.15, 0.2) is 0 Å². The maximum absolute atomic E-state index is 12.3. The fraction of sp³-hybridized carbons (Fsp3) is 0.176. The van der Waals surface area contributed by atoms with E-state index in [0.29, 0.717) is 21.3 Å². The van der Waals surface area contributed by atoms with E-state index in [1.54, 1.807) is 31.3 Å². The van der Waals surface area contributed by atoms with Gasteiger partial charge >= 0.3 is 0 Å². The first-order valence-electron chi connectivity index (χ1n) is 7.09. The third kappa shape index (κ3) is 4.97. The molecule has 2 rings (SSSR count). The number of nitrogens with one attached hydrogen (secondary N) is 1. The van der Waals surface area contributed by atoms with E-state index in [-0.39, 0.29) is 24.8 Å². The molecule has 0 aliphatic rings. The quantitative estimate of drug-likeness (QED) is 0.765. The van der Waals surface area contributed by atoms with Crippen LogP contribution in [0.4, 0.5) is 5.69 Å². The molecule has 2 amide bonds. The number of carbonyl (C=O) groups is 2. The minimum Gasteiger partial charge on any atom is -0.336 e. The largest absolute Gasteiger partial charge is 0.336 e. The van der Waals surface area contributed by atoms with Crippen molar-refractivity contribution in [1.29, 1.82) is 0 Å². The van der Waals surface area contributed by atoms with Crippen molar-refractivity contribution < 1.29 is 9.59 Å². The molecule has 2 aromatic rings. The second kappa shape index (κ2) is 8.51. The second-order valence-electron chi connectivity index (χ2n) is 5.15. The summed E-state index contributed by atoms with van der Waals surface area (Å²) >= 11 is 15.5. The molecule has 4 nitrogen and oxygen atoms in total. The fourth-order valence-electron chi connectivity index (χ4n) is 2.04. The van der Waals surface area contributed by atoms with Crippen LogP contribution in [0.1, 0.15) is 5.56 Å². The number of rotatable bonds is 5. The third-order valence-corrected chi connectivity index (χ3v) is 4.74. The molecule has 0 fully saturated rings. The van der Waals surface area contributed by atoms with Gasteiger partial charge in [-0.3, -0.25) is 9.59 Å². The molecule has 0 heterocycles. The van der Waals surface area contributed by atoms with Crippen LogP contribution >= 0.6 is 39.1 Å². The monoisotopic (exact) mass is 428 g/mol. The summed E-state index contributed by atoms with van der Waals surface area (Å²) in [6.45, 7) is -0.0672. The van der Waals surface area contributed by atoms with Gasteiger partial charge in [0.05, 0.1) is 18.7 Å². The zero-order chi connectivity index (χ0) is 17.7. The maximum atomic E-state index is 12.3. The van der Waals surface area contributed by atoms with Gasteiger partial charge in [-0.05, 0) is 45.8 Å². The van der Waals surface area contributed by atoms with Crippen LogP contribution in [0.3, 0.4) is 0 Å². The van der Waals surface area contributed by atoms with Crippen molar-refractivity contribution >= 4 is 56.6 Å². The summed E-state index contributed by atoms with van der Waals surface area (Å²) in [5, 5.41) is 3.62. The van der Waals surface area contributed by atoms with Gasteiger partial charge in [-0.2, -0.15) is 0 Å². The summed E-state index contributed by atoms with van der Waals surface area (Å²) in [5.41, 5.74) is 1.21. The normalized spacial score (nSPS) is 10.3. The summed E-state index contributed by atoms with van der Waals surface area (Å²) in [5.74, 6) is -0.532. The van der Waals surface area contributed by atoms with Gasteiger partial charge in [0, 0.05) is 21.6 Å². The van der Waals surface area contributed by atoms with E-state index in [1.165, 1.54) is 4.90 Å². The molecule has 0 saturated heterocycles. The number of para-hydroxylation sites is 1. The molecule has 2 aromatic carbocycles. The number of anilines is 1. The van der Waals surface area contributed by atoms with E-state index < -0.39 is 0 Å². The molecule has 0 unspecified atom stereocenters. The molecule has 0 atom stereocenters. The molecule has 0 saturated carbocycles. The number of hydrogen-bond donors (Lipinski definition) is 1. The molecule has 0 aliphatic carbocycles. The lowest BCUT2D eigenvalue weighted by Crippen LogP contribution is -2.36. The van der Waals surface area contributed by atoms with Crippen LogP contribution in [0.2, 0.25) is 10.0 Å². The van der Waals surface area contributed by atoms with Crippen LogP contribution in [0.25, 0.3) is 0 Å². The molecule has 126 valence electrons. The highest BCUT2D eigenvalue weighted by Crippen LogP contribution is 2.25. The van der Waals surface area contributed by atoms with Crippen LogP contribution in [-0.4, -0.2) is 30.3 Å². The van der Waals surface area contributed by atoms with E-state index in [0.717, 1.165) is 4.47 Å². The van der Waals surface area contributed by atoms with Crippen molar-refractivity contribution in [3.63, 3.8) is 0 Å². The Morgan fingerprint density at radius 3 is 2.33 bits per heavy atom. The van der Waals surface area contributed by atoms with Crippen molar-refractivity contribution in [3.8, 4) is 0 Å². The average molecular weight is 430 g/mol. The van der Waals surface area contributed by atoms with Crippen LogP contribution in [0.5, 0.6) is 0 Å². The first-order valence-corrected chi connectivity index (χ1v) is 8.64. The first kappa shape index (κ1) is 18.8. The van der Waals surface area contributed by atoms with Gasteiger partial charge in [-0.1, -0.05) is 41.4 Å². The Hall–Kier alpha value is -1.56. The summed E-state index contributed by atoms with van der Waals surface area (Å²) in [7, 11) is 1.56. The van der Waals surface area contributed by atoms with Gasteiger partial charge in [-0.25, -0.2) is 0 Å². The summed E-state index contributed by atoms with van der Waals surface area (Å²) < 4.78 is 0.773. The molecule has 0 aromatic heterocycles. The number of halogens is 3. The zero-order valence-corrected chi connectivity index (χ0v) is 16.0. The molecular formula is C17H15BrCl2N2O2. The number of likely N-dealkylation sites (N-methyl/N-ethyl adjacent to an activating group) is 1. The number of carbonyl (C=O) groups excluding carboxylic acids is 2. The van der Waals surface area contributed by atoms with Crippen LogP contribution in [0.15, 0.2) is 46.9 Å². The smallest absolute Gasteiger partial charge is 0.244 e. The SMILES string of the molecule is CN(CC(=O)Nc1ccccc1Br)C(=O)Cc1c(Cl)cccc1Cl. The van der Waals surface area contributed by atoms with E-state index in [4.69, 9.17) is 23.2 Å². The maximum Gasteiger partial charge on any atom is 0.244 e. The lowest BCUT2D eigenvalue weighted by atomic mass is 10.1. The van der Waals surface area contributed by atoms with Crippen LogP contribution in [0, 0.1) is 0 Å². The van der Waals surface area contributed by atoms with E-state index in [1.807, 2.05) is 18.2 Å². The Bertz CT molecular complexity index is 748. The lowest BCUT2D eigenvalue weighted by molar-refractivity contribution is -0.132. The average Bonchev–Trinajstić information content (AvgIpc) is 2.53. The van der Waals surface area contributed by atoms with E-state index in [2.05, 4.69) is 21.2 Å². The molecule has 7 heteroatoms. The van der Waals surface area contributed by atoms with Gasteiger partial charge < -0.3 is 10.2 Å². The lowest BCUT2D eigenvalue weighted by Gasteiger charge is -2.18. The molecule has 0 bridgehead atoms. The van der Waals surface area contributed by atoms with E-state index in [9.17, 15) is 9.59 Å². The highest BCUT2D eigenvalue weighted by Gasteiger charge is 2.17. The predicted molar refractivity (Wildman–Crippen MR) is 101 cm³/mol. The Labute approximate surface area is 158 Å². The fourth-order valence-corrected chi connectivity index (χ4v) is 2.96. The standard InChI is InChI=1S/C17H15BrCl2N2O2/c1-22(10-16(23)21-15-8-3-2-5-12(15)18)17(24)9-11-13(19)6-4-7-14(11)20/h2-8H,9-10H2,1H3,(H,21,23). The van der Waals surface area contributed by atoms with Crippen molar-refractivity contribution in [2.24, 2.45) is 0 Å². The summed E-state index contributed by atoms with van der Waals surface area (Å²) in [6.07, 6.45) is 0.0390. The molecule has 0 aliphatic heterocycles. The molecular weight excluding hydrogens is 415 g/mol. The van der Waals surface area contributed by atoms with Crippen LogP contribution < -0.4 is 5.32 Å². The third-order valence-electron chi connectivity index (χ3n) is 3.34. The predicted octanol–water partition coefficient (Wildman–Crippen LogP) is 4.40. The molecule has 0 radical (unpaired) electrons. The van der Waals surface area contributed by atoms with Gasteiger partial charge in [-0.15, -0.1) is 0 Å². The van der Waals surface area contributed by atoms with E-state index >= 15 is 0 Å². The summed E-state index contributed by atoms with van der Waals surface area (Å²) in [4.78, 5) is 25.7. The first-order chi connectivity index (χ1) is 11.4. The van der Waals surface area contributed by atoms with Gasteiger partial charge in [0.2, 0.25) is 11.8 Å². The minimum absolute atomic E-state index is 0.0390. The Morgan fingerprint density at radius 1 is 1.08 bits per heavy atom. The number of benzene rings is 2. The zero-order valence-electron chi connectivity index (χ0n) is 12.9. The Kier molecular flexibility index (Phi) is 6.66. The number of hydrogen-bond acceptors (Lipinski definition) is 2. The Balaban J connectivity index is 1.96. The van der Waals surface area contributed by atoms with Crippen molar-refractivity contribution in [1.82, 2.24) is 4.90 Å². The van der Waals surface area contributed by atoms with Crippen LogP contribution in [-0.2, 0) is 16.0 Å². The van der Waals surface area contributed by atoms with Crippen molar-refractivity contribution in [2.45, 2.75) is 6.42 Å². The molecule has 0 spiro atoms. The summed E-state index contributed by atoms with van der Waals surface area (Å²) in [6, 6.07) is 12.3. The van der Waals surface area contributed by atoms with Crippen molar-refractivity contribution in [2.75, 3.05) is 18.9 Å². The number of nitrogens with zero attached hydrogens (tertiary/aromatic N) is 1. The minimum atomic E-state index is -0.289. The highest BCUT2D eigenvalue weighted by molar-refractivity contribution is 9.10. The Morgan fingerprint density at radius 2 is 1.71 bits per heavy atom. The molecule has 24 heavy (non-hydrogen) atoms. The topological polar surface area (TPSA) is 49.4 Å². The van der Waals surface area contributed by atoms with Crippen molar-refractivity contribution in [3.05, 3.63) is 62.5 Å². The second-order valence-corrected chi connectivity index (χ2v) is 6.82. The highest BCUT2D eigenvalue weighted by atomic mass is 79.9. The number of amides is 2. The molecule has 1 N–H and O–H groups in total. The van der Waals surface area contributed by atoms with Gasteiger partial charge in [0.25, 0.3) is 0 Å².